The van der Waals surface area contributed by atoms with Gasteiger partial charge in [-0.1, -0.05) is 0 Å². The van der Waals surface area contributed by atoms with Gasteiger partial charge in [0.1, 0.15) is 11.9 Å². The summed E-state index contributed by atoms with van der Waals surface area (Å²) in [6.07, 6.45) is 6.17. The van der Waals surface area contributed by atoms with Crippen molar-refractivity contribution in [1.29, 1.82) is 5.26 Å². The standard InChI is InChI=1S/C14H13BrN4/c1-19(7-4-11-2-5-17-6-3-11)14-12(9-16)8-13(15)10-18-14/h2-3,5-6,8,10H,4,7H2,1H3. The molecule has 0 aliphatic heterocycles. The van der Waals surface area contributed by atoms with E-state index in [0.29, 0.717) is 11.4 Å². The maximum atomic E-state index is 9.13. The van der Waals surface area contributed by atoms with Crippen molar-refractivity contribution >= 4 is 21.7 Å². The van der Waals surface area contributed by atoms with Gasteiger partial charge < -0.3 is 4.90 Å². The van der Waals surface area contributed by atoms with Gasteiger partial charge in [-0.15, -0.1) is 0 Å². The van der Waals surface area contributed by atoms with Gasteiger partial charge in [-0.3, -0.25) is 4.98 Å². The number of rotatable bonds is 4. The van der Waals surface area contributed by atoms with E-state index in [4.69, 9.17) is 5.26 Å². The van der Waals surface area contributed by atoms with Crippen LogP contribution in [-0.4, -0.2) is 23.6 Å². The lowest BCUT2D eigenvalue weighted by Crippen LogP contribution is -2.22. The van der Waals surface area contributed by atoms with E-state index in [1.54, 1.807) is 24.7 Å². The molecule has 0 N–H and O–H groups in total. The number of nitriles is 1. The monoisotopic (exact) mass is 316 g/mol. The van der Waals surface area contributed by atoms with Gasteiger partial charge in [-0.2, -0.15) is 5.26 Å². The largest absolute Gasteiger partial charge is 0.358 e. The SMILES string of the molecule is CN(CCc1ccncc1)c1ncc(Br)cc1C#N. The predicted octanol–water partition coefficient (Wildman–Crippen LogP) is 2.79. The summed E-state index contributed by atoms with van der Waals surface area (Å²) in [5, 5.41) is 9.13. The Morgan fingerprint density at radius 1 is 1.37 bits per heavy atom. The maximum Gasteiger partial charge on any atom is 0.146 e. The number of hydrogen-bond acceptors (Lipinski definition) is 4. The van der Waals surface area contributed by atoms with E-state index >= 15 is 0 Å². The van der Waals surface area contributed by atoms with Gasteiger partial charge in [-0.25, -0.2) is 4.98 Å². The van der Waals surface area contributed by atoms with E-state index in [9.17, 15) is 0 Å². The number of pyridine rings is 2. The van der Waals surface area contributed by atoms with Crippen LogP contribution in [0.3, 0.4) is 0 Å². The van der Waals surface area contributed by atoms with Crippen LogP contribution >= 0.6 is 15.9 Å². The molecule has 2 aromatic heterocycles. The Bertz CT molecular complexity index is 592. The zero-order chi connectivity index (χ0) is 13.7. The highest BCUT2D eigenvalue weighted by Crippen LogP contribution is 2.20. The Labute approximate surface area is 120 Å². The first-order valence-corrected chi connectivity index (χ1v) is 6.65. The smallest absolute Gasteiger partial charge is 0.146 e. The molecule has 2 aromatic rings. The zero-order valence-corrected chi connectivity index (χ0v) is 12.1. The molecule has 2 rings (SSSR count). The third-order valence-corrected chi connectivity index (χ3v) is 3.23. The molecule has 0 unspecified atom stereocenters. The fourth-order valence-corrected chi connectivity index (χ4v) is 2.10. The number of nitrogens with zero attached hydrogens (tertiary/aromatic N) is 4. The van der Waals surface area contributed by atoms with Crippen LogP contribution in [0.2, 0.25) is 0 Å². The number of anilines is 1. The third kappa shape index (κ3) is 3.52. The minimum atomic E-state index is 0.576. The van der Waals surface area contributed by atoms with Crippen molar-refractivity contribution in [3.05, 3.63) is 52.4 Å². The Hall–Kier alpha value is -1.93. The van der Waals surface area contributed by atoms with Crippen molar-refractivity contribution in [2.45, 2.75) is 6.42 Å². The molecule has 0 atom stereocenters. The maximum absolute atomic E-state index is 9.13. The van der Waals surface area contributed by atoms with Gasteiger partial charge >= 0.3 is 0 Å². The summed E-state index contributed by atoms with van der Waals surface area (Å²) in [4.78, 5) is 10.3. The Kier molecular flexibility index (Phi) is 4.48. The molecule has 0 saturated heterocycles. The minimum Gasteiger partial charge on any atom is -0.358 e. The van der Waals surface area contributed by atoms with E-state index in [-0.39, 0.29) is 0 Å². The summed E-state index contributed by atoms with van der Waals surface area (Å²) in [7, 11) is 1.94. The van der Waals surface area contributed by atoms with E-state index < -0.39 is 0 Å². The molecule has 0 radical (unpaired) electrons. The second kappa shape index (κ2) is 6.30. The molecule has 0 fully saturated rings. The van der Waals surface area contributed by atoms with Crippen LogP contribution in [0, 0.1) is 11.3 Å². The Balaban J connectivity index is 2.08. The normalized spacial score (nSPS) is 9.95. The van der Waals surface area contributed by atoms with E-state index in [1.165, 1.54) is 5.56 Å². The average Bonchev–Trinajstić information content (AvgIpc) is 2.45. The predicted molar refractivity (Wildman–Crippen MR) is 77.9 cm³/mol. The fraction of sp³-hybridized carbons (Fsp3) is 0.214. The lowest BCUT2D eigenvalue weighted by Gasteiger charge is -2.19. The minimum absolute atomic E-state index is 0.576. The summed E-state index contributed by atoms with van der Waals surface area (Å²) < 4.78 is 0.815. The average molecular weight is 317 g/mol. The Morgan fingerprint density at radius 2 is 2.11 bits per heavy atom. The summed E-state index contributed by atoms with van der Waals surface area (Å²) >= 11 is 3.32. The molecule has 0 bridgehead atoms. The van der Waals surface area contributed by atoms with Crippen molar-refractivity contribution in [3.8, 4) is 6.07 Å². The highest BCUT2D eigenvalue weighted by atomic mass is 79.9. The molecular weight excluding hydrogens is 304 g/mol. The van der Waals surface area contributed by atoms with E-state index in [1.807, 2.05) is 24.1 Å². The van der Waals surface area contributed by atoms with Crippen LogP contribution < -0.4 is 4.90 Å². The van der Waals surface area contributed by atoms with Crippen molar-refractivity contribution in [2.75, 3.05) is 18.5 Å². The topological polar surface area (TPSA) is 52.8 Å². The first-order chi connectivity index (χ1) is 9.20. The van der Waals surface area contributed by atoms with Crippen molar-refractivity contribution in [2.24, 2.45) is 0 Å². The molecule has 2 heterocycles. The zero-order valence-electron chi connectivity index (χ0n) is 10.5. The van der Waals surface area contributed by atoms with Gasteiger partial charge in [0.2, 0.25) is 0 Å². The quantitative estimate of drug-likeness (QED) is 0.870. The summed E-state index contributed by atoms with van der Waals surface area (Å²) in [5.74, 6) is 0.708. The molecular formula is C14H13BrN4. The summed E-state index contributed by atoms with van der Waals surface area (Å²) in [6.45, 7) is 0.799. The third-order valence-electron chi connectivity index (χ3n) is 2.80. The van der Waals surface area contributed by atoms with Gasteiger partial charge in [0.05, 0.1) is 5.56 Å². The number of aromatic nitrogens is 2. The fourth-order valence-electron chi connectivity index (χ4n) is 1.77. The first kappa shape index (κ1) is 13.5. The highest BCUT2D eigenvalue weighted by Gasteiger charge is 2.09. The molecule has 0 aromatic carbocycles. The van der Waals surface area contributed by atoms with Gasteiger partial charge in [-0.05, 0) is 46.1 Å². The number of hydrogen-bond donors (Lipinski definition) is 0. The molecule has 0 amide bonds. The lowest BCUT2D eigenvalue weighted by atomic mass is 10.2. The van der Waals surface area contributed by atoms with Crippen molar-refractivity contribution in [3.63, 3.8) is 0 Å². The molecule has 0 aliphatic carbocycles. The summed E-state index contributed by atoms with van der Waals surface area (Å²) in [5.41, 5.74) is 1.80. The summed E-state index contributed by atoms with van der Waals surface area (Å²) in [6, 6.07) is 7.94. The lowest BCUT2D eigenvalue weighted by molar-refractivity contribution is 0.856. The van der Waals surface area contributed by atoms with Crippen LogP contribution in [-0.2, 0) is 6.42 Å². The van der Waals surface area contributed by atoms with Gasteiger partial charge in [0.15, 0.2) is 0 Å². The molecule has 4 nitrogen and oxygen atoms in total. The molecule has 0 spiro atoms. The van der Waals surface area contributed by atoms with Gasteiger partial charge in [0, 0.05) is 36.7 Å². The van der Waals surface area contributed by atoms with Crippen molar-refractivity contribution in [1.82, 2.24) is 9.97 Å². The second-order valence-electron chi connectivity index (χ2n) is 4.16. The van der Waals surface area contributed by atoms with Crippen LogP contribution in [0.15, 0.2) is 41.3 Å². The van der Waals surface area contributed by atoms with E-state index in [2.05, 4.69) is 32.0 Å². The van der Waals surface area contributed by atoms with Crippen LogP contribution in [0.4, 0.5) is 5.82 Å². The van der Waals surface area contributed by atoms with Crippen molar-refractivity contribution < 1.29 is 0 Å². The molecule has 96 valence electrons. The molecule has 0 aliphatic rings. The second-order valence-corrected chi connectivity index (χ2v) is 5.08. The first-order valence-electron chi connectivity index (χ1n) is 5.86. The van der Waals surface area contributed by atoms with E-state index in [0.717, 1.165) is 17.4 Å². The number of likely N-dealkylation sites (N-methyl/N-ethyl adjacent to an activating group) is 1. The van der Waals surface area contributed by atoms with Crippen LogP contribution in [0.25, 0.3) is 0 Å². The molecule has 0 saturated carbocycles. The Morgan fingerprint density at radius 3 is 2.79 bits per heavy atom. The molecule has 5 heteroatoms. The number of halogens is 1. The molecule has 19 heavy (non-hydrogen) atoms. The van der Waals surface area contributed by atoms with Crippen LogP contribution in [0.1, 0.15) is 11.1 Å². The van der Waals surface area contributed by atoms with Gasteiger partial charge in [0.25, 0.3) is 0 Å². The van der Waals surface area contributed by atoms with Crippen LogP contribution in [0.5, 0.6) is 0 Å². The highest BCUT2D eigenvalue weighted by molar-refractivity contribution is 9.10.